The molecule has 0 aromatic heterocycles. The second kappa shape index (κ2) is 4.35. The summed E-state index contributed by atoms with van der Waals surface area (Å²) < 4.78 is 0. The second-order valence-corrected chi connectivity index (χ2v) is 3.88. The van der Waals surface area contributed by atoms with Crippen LogP contribution in [0.3, 0.4) is 0 Å². The Morgan fingerprint density at radius 2 is 2.06 bits per heavy atom. The van der Waals surface area contributed by atoms with Gasteiger partial charge in [-0.15, -0.1) is 0 Å². The van der Waals surface area contributed by atoms with Crippen LogP contribution in [0.2, 0.25) is 0 Å². The summed E-state index contributed by atoms with van der Waals surface area (Å²) in [4.78, 5) is 22.2. The molecule has 1 aliphatic rings. The number of hydrogen-bond donors (Lipinski definition) is 2. The molecule has 0 amide bonds. The van der Waals surface area contributed by atoms with Gasteiger partial charge >= 0.3 is 5.97 Å². The molecular weight excluding hydrogens is 206 g/mol. The average molecular weight is 219 g/mol. The largest absolute Gasteiger partial charge is 0.481 e. The maximum atomic E-state index is 11.8. The lowest BCUT2D eigenvalue weighted by molar-refractivity contribution is -0.138. The molecule has 1 aromatic rings. The van der Waals surface area contributed by atoms with Crippen molar-refractivity contribution in [2.45, 2.75) is 18.8 Å². The van der Waals surface area contributed by atoms with E-state index in [1.165, 1.54) is 0 Å². The van der Waals surface area contributed by atoms with Crippen LogP contribution >= 0.6 is 0 Å². The summed E-state index contributed by atoms with van der Waals surface area (Å²) in [6, 6.07) is 7.65. The molecule has 1 unspecified atom stereocenters. The van der Waals surface area contributed by atoms with Crippen LogP contribution < -0.4 is 5.32 Å². The highest BCUT2D eigenvalue weighted by molar-refractivity contribution is 5.91. The van der Waals surface area contributed by atoms with Gasteiger partial charge in [-0.2, -0.15) is 0 Å². The zero-order chi connectivity index (χ0) is 11.5. The molecule has 0 saturated carbocycles. The van der Waals surface area contributed by atoms with Gasteiger partial charge in [-0.25, -0.2) is 0 Å². The molecule has 1 aromatic carbocycles. The van der Waals surface area contributed by atoms with E-state index in [1.807, 2.05) is 24.3 Å². The maximum absolute atomic E-state index is 11.8. The highest BCUT2D eigenvalue weighted by Gasteiger charge is 2.27. The van der Waals surface area contributed by atoms with Crippen LogP contribution in [-0.2, 0) is 9.59 Å². The summed E-state index contributed by atoms with van der Waals surface area (Å²) in [5.41, 5.74) is 1.97. The topological polar surface area (TPSA) is 66.4 Å². The van der Waals surface area contributed by atoms with Crippen molar-refractivity contribution in [3.8, 4) is 0 Å². The van der Waals surface area contributed by atoms with Crippen molar-refractivity contribution >= 4 is 17.4 Å². The number of aliphatic carboxylic acids is 1. The number of nitrogens with one attached hydrogen (secondary N) is 1. The lowest BCUT2D eigenvalue weighted by atomic mass is 9.94. The summed E-state index contributed by atoms with van der Waals surface area (Å²) in [7, 11) is 0. The summed E-state index contributed by atoms with van der Waals surface area (Å²) in [6.45, 7) is 0.581. The van der Waals surface area contributed by atoms with Gasteiger partial charge in [0.15, 0.2) is 0 Å². The standard InChI is InChI=1S/C12H13NO3/c14-11(5-6-12(15)16)9-7-13-10-4-2-1-3-8(9)10/h1-4,9,13H,5-7H2,(H,15,16). The van der Waals surface area contributed by atoms with Gasteiger partial charge in [0.25, 0.3) is 0 Å². The molecule has 0 bridgehead atoms. The van der Waals surface area contributed by atoms with Crippen LogP contribution in [-0.4, -0.2) is 23.4 Å². The van der Waals surface area contributed by atoms with Crippen molar-refractivity contribution in [1.29, 1.82) is 0 Å². The van der Waals surface area contributed by atoms with Crippen LogP contribution in [0.15, 0.2) is 24.3 Å². The zero-order valence-corrected chi connectivity index (χ0v) is 8.77. The first-order valence-electron chi connectivity index (χ1n) is 5.26. The molecule has 1 aliphatic heterocycles. The van der Waals surface area contributed by atoms with Gasteiger partial charge in [0.2, 0.25) is 0 Å². The van der Waals surface area contributed by atoms with Gasteiger partial charge in [-0.05, 0) is 11.6 Å². The number of para-hydroxylation sites is 1. The number of anilines is 1. The Labute approximate surface area is 93.3 Å². The third-order valence-corrected chi connectivity index (χ3v) is 2.81. The van der Waals surface area contributed by atoms with E-state index in [9.17, 15) is 9.59 Å². The first-order valence-corrected chi connectivity index (χ1v) is 5.26. The molecule has 2 N–H and O–H groups in total. The fraction of sp³-hybridized carbons (Fsp3) is 0.333. The molecule has 0 fully saturated rings. The number of ketones is 1. The number of carboxylic acids is 1. The Balaban J connectivity index is 2.07. The van der Waals surface area contributed by atoms with Crippen molar-refractivity contribution in [3.05, 3.63) is 29.8 Å². The minimum Gasteiger partial charge on any atom is -0.481 e. The van der Waals surface area contributed by atoms with E-state index in [2.05, 4.69) is 5.32 Å². The van der Waals surface area contributed by atoms with Gasteiger partial charge in [-0.1, -0.05) is 18.2 Å². The van der Waals surface area contributed by atoms with Crippen LogP contribution in [0.4, 0.5) is 5.69 Å². The van der Waals surface area contributed by atoms with E-state index in [-0.39, 0.29) is 24.5 Å². The van der Waals surface area contributed by atoms with Crippen molar-refractivity contribution in [2.24, 2.45) is 0 Å². The molecule has 0 saturated heterocycles. The van der Waals surface area contributed by atoms with Crippen molar-refractivity contribution in [3.63, 3.8) is 0 Å². The molecule has 4 heteroatoms. The number of carboxylic acid groups (broad SMARTS) is 1. The number of benzene rings is 1. The zero-order valence-electron chi connectivity index (χ0n) is 8.77. The lowest BCUT2D eigenvalue weighted by Gasteiger charge is -2.07. The molecule has 2 rings (SSSR count). The Morgan fingerprint density at radius 3 is 2.81 bits per heavy atom. The highest BCUT2D eigenvalue weighted by atomic mass is 16.4. The normalized spacial score (nSPS) is 17.6. The third-order valence-electron chi connectivity index (χ3n) is 2.81. The molecule has 1 heterocycles. The van der Waals surface area contributed by atoms with E-state index in [0.29, 0.717) is 6.54 Å². The van der Waals surface area contributed by atoms with Crippen LogP contribution in [0.25, 0.3) is 0 Å². The highest BCUT2D eigenvalue weighted by Crippen LogP contribution is 2.32. The van der Waals surface area contributed by atoms with E-state index in [4.69, 9.17) is 5.11 Å². The minimum atomic E-state index is -0.924. The molecule has 84 valence electrons. The number of fused-ring (bicyclic) bond motifs is 1. The predicted octanol–water partition coefficient (Wildman–Crippen LogP) is 1.63. The van der Waals surface area contributed by atoms with Gasteiger partial charge in [-0.3, -0.25) is 9.59 Å². The van der Waals surface area contributed by atoms with Crippen molar-refractivity contribution < 1.29 is 14.7 Å². The predicted molar refractivity (Wildman–Crippen MR) is 59.5 cm³/mol. The first-order chi connectivity index (χ1) is 7.68. The summed E-state index contributed by atoms with van der Waals surface area (Å²) in [6.07, 6.45) is 0.0213. The summed E-state index contributed by atoms with van der Waals surface area (Å²) in [5.74, 6) is -1.11. The lowest BCUT2D eigenvalue weighted by Crippen LogP contribution is -2.15. The van der Waals surface area contributed by atoms with Crippen molar-refractivity contribution in [2.75, 3.05) is 11.9 Å². The average Bonchev–Trinajstić information content (AvgIpc) is 2.69. The molecule has 0 radical (unpaired) electrons. The van der Waals surface area contributed by atoms with E-state index >= 15 is 0 Å². The van der Waals surface area contributed by atoms with Gasteiger partial charge in [0.1, 0.15) is 5.78 Å². The number of hydrogen-bond acceptors (Lipinski definition) is 3. The van der Waals surface area contributed by atoms with Gasteiger partial charge < -0.3 is 10.4 Å². The number of Topliss-reactive ketones (excluding diaryl/α,β-unsaturated/α-hetero) is 1. The monoisotopic (exact) mass is 219 g/mol. The molecule has 0 aliphatic carbocycles. The molecule has 1 atom stereocenters. The van der Waals surface area contributed by atoms with Crippen LogP contribution in [0, 0.1) is 0 Å². The molecular formula is C12H13NO3. The number of carbonyl (C=O) groups excluding carboxylic acids is 1. The van der Waals surface area contributed by atoms with Crippen molar-refractivity contribution in [1.82, 2.24) is 0 Å². The Hall–Kier alpha value is -1.84. The Morgan fingerprint density at radius 1 is 1.31 bits per heavy atom. The fourth-order valence-electron chi connectivity index (χ4n) is 1.98. The second-order valence-electron chi connectivity index (χ2n) is 3.88. The van der Waals surface area contributed by atoms with E-state index in [0.717, 1.165) is 11.3 Å². The molecule has 0 spiro atoms. The van der Waals surface area contributed by atoms with Crippen LogP contribution in [0.5, 0.6) is 0 Å². The van der Waals surface area contributed by atoms with Crippen LogP contribution in [0.1, 0.15) is 24.3 Å². The quantitative estimate of drug-likeness (QED) is 0.807. The summed E-state index contributed by atoms with van der Waals surface area (Å²) in [5, 5.41) is 11.7. The Bertz CT molecular complexity index is 428. The maximum Gasteiger partial charge on any atom is 0.303 e. The molecule has 4 nitrogen and oxygen atoms in total. The van der Waals surface area contributed by atoms with E-state index < -0.39 is 5.97 Å². The smallest absolute Gasteiger partial charge is 0.303 e. The first kappa shape index (κ1) is 10.7. The van der Waals surface area contributed by atoms with E-state index in [1.54, 1.807) is 0 Å². The number of carbonyl (C=O) groups is 2. The number of rotatable bonds is 4. The summed E-state index contributed by atoms with van der Waals surface area (Å²) >= 11 is 0. The van der Waals surface area contributed by atoms with Gasteiger partial charge in [0.05, 0.1) is 12.3 Å². The molecule has 16 heavy (non-hydrogen) atoms. The minimum absolute atomic E-state index is 0.000139. The Kier molecular flexibility index (Phi) is 2.90. The fourth-order valence-corrected chi connectivity index (χ4v) is 1.98. The third kappa shape index (κ3) is 2.05. The SMILES string of the molecule is O=C(O)CCC(=O)C1CNc2ccccc21. The van der Waals surface area contributed by atoms with Gasteiger partial charge in [0, 0.05) is 18.7 Å².